The highest BCUT2D eigenvalue weighted by molar-refractivity contribution is 5.94. The van der Waals surface area contributed by atoms with Gasteiger partial charge in [-0.05, 0) is 60.0 Å². The second-order valence-corrected chi connectivity index (χ2v) is 6.88. The molecule has 1 unspecified atom stereocenters. The lowest BCUT2D eigenvalue weighted by atomic mass is 10.1. The van der Waals surface area contributed by atoms with Crippen molar-refractivity contribution in [2.45, 2.75) is 26.2 Å². The van der Waals surface area contributed by atoms with Crippen molar-refractivity contribution in [3.05, 3.63) is 89.2 Å². The first-order valence-electron chi connectivity index (χ1n) is 9.69. The number of benzene rings is 2. The Morgan fingerprint density at radius 1 is 0.933 bits per heavy atom. The standard InChI is InChI=1S/C24H26N2O4/c1-17(26-24(27)20-6-4-18(5-7-20)15-28-2)21-8-9-22(23(14-21)29-3)30-16-19-10-12-25-13-11-19/h4-14,17H,15-16H2,1-3H3,(H,26,27). The van der Waals surface area contributed by atoms with Gasteiger partial charge in [0.25, 0.3) is 5.91 Å². The minimum absolute atomic E-state index is 0.136. The summed E-state index contributed by atoms with van der Waals surface area (Å²) in [6.45, 7) is 2.88. The van der Waals surface area contributed by atoms with Gasteiger partial charge in [0.15, 0.2) is 11.5 Å². The summed E-state index contributed by atoms with van der Waals surface area (Å²) in [5.41, 5.74) is 3.57. The van der Waals surface area contributed by atoms with Crippen molar-refractivity contribution in [1.82, 2.24) is 10.3 Å². The van der Waals surface area contributed by atoms with E-state index in [-0.39, 0.29) is 11.9 Å². The van der Waals surface area contributed by atoms with Crippen molar-refractivity contribution in [3.8, 4) is 11.5 Å². The van der Waals surface area contributed by atoms with Crippen LogP contribution in [0, 0.1) is 0 Å². The van der Waals surface area contributed by atoms with Crippen molar-refractivity contribution in [2.24, 2.45) is 0 Å². The van der Waals surface area contributed by atoms with Crippen LogP contribution in [0.1, 0.15) is 40.0 Å². The van der Waals surface area contributed by atoms with Gasteiger partial charge in [-0.15, -0.1) is 0 Å². The number of aromatic nitrogens is 1. The average molecular weight is 406 g/mol. The summed E-state index contributed by atoms with van der Waals surface area (Å²) in [6, 6.07) is 16.7. The first kappa shape index (κ1) is 21.3. The molecule has 0 bridgehead atoms. The fraction of sp³-hybridized carbons (Fsp3) is 0.250. The second kappa shape index (κ2) is 10.4. The van der Waals surface area contributed by atoms with E-state index in [0.29, 0.717) is 30.3 Å². The van der Waals surface area contributed by atoms with Crippen molar-refractivity contribution in [1.29, 1.82) is 0 Å². The molecule has 0 spiro atoms. The van der Waals surface area contributed by atoms with Crippen molar-refractivity contribution < 1.29 is 19.0 Å². The molecule has 0 radical (unpaired) electrons. The Labute approximate surface area is 176 Å². The highest BCUT2D eigenvalue weighted by Crippen LogP contribution is 2.31. The topological polar surface area (TPSA) is 69.7 Å². The van der Waals surface area contributed by atoms with Gasteiger partial charge >= 0.3 is 0 Å². The van der Waals surface area contributed by atoms with Crippen LogP contribution in [-0.4, -0.2) is 25.1 Å². The van der Waals surface area contributed by atoms with Crippen LogP contribution in [0.3, 0.4) is 0 Å². The molecule has 0 aliphatic carbocycles. The molecule has 0 saturated heterocycles. The van der Waals surface area contributed by atoms with Gasteiger partial charge in [-0.2, -0.15) is 0 Å². The molecule has 6 heteroatoms. The number of methoxy groups -OCH3 is 2. The molecule has 2 aromatic carbocycles. The number of carbonyl (C=O) groups excluding carboxylic acids is 1. The fourth-order valence-electron chi connectivity index (χ4n) is 3.00. The van der Waals surface area contributed by atoms with E-state index in [4.69, 9.17) is 14.2 Å². The summed E-state index contributed by atoms with van der Waals surface area (Å²) < 4.78 is 16.5. The molecule has 1 N–H and O–H groups in total. The molecule has 0 fully saturated rings. The number of rotatable bonds is 9. The Morgan fingerprint density at radius 3 is 2.30 bits per heavy atom. The Bertz CT molecular complexity index is 959. The zero-order valence-electron chi connectivity index (χ0n) is 17.4. The third-order valence-corrected chi connectivity index (χ3v) is 4.71. The zero-order chi connectivity index (χ0) is 21.3. The molecule has 3 aromatic rings. The van der Waals surface area contributed by atoms with Gasteiger partial charge in [0, 0.05) is 25.1 Å². The largest absolute Gasteiger partial charge is 0.493 e. The third kappa shape index (κ3) is 5.58. The third-order valence-electron chi connectivity index (χ3n) is 4.71. The van der Waals surface area contributed by atoms with E-state index >= 15 is 0 Å². The quantitative estimate of drug-likeness (QED) is 0.574. The lowest BCUT2D eigenvalue weighted by molar-refractivity contribution is 0.0939. The van der Waals surface area contributed by atoms with E-state index in [0.717, 1.165) is 16.7 Å². The number of ether oxygens (including phenoxy) is 3. The van der Waals surface area contributed by atoms with E-state index < -0.39 is 0 Å². The molecule has 3 rings (SSSR count). The Hall–Kier alpha value is -3.38. The van der Waals surface area contributed by atoms with Gasteiger partial charge in [-0.3, -0.25) is 9.78 Å². The van der Waals surface area contributed by atoms with E-state index in [9.17, 15) is 4.79 Å². The van der Waals surface area contributed by atoms with Crippen molar-refractivity contribution >= 4 is 5.91 Å². The molecule has 1 atom stereocenters. The lowest BCUT2D eigenvalue weighted by Gasteiger charge is -2.17. The van der Waals surface area contributed by atoms with Crippen LogP contribution >= 0.6 is 0 Å². The number of nitrogens with zero attached hydrogens (tertiary/aromatic N) is 1. The summed E-state index contributed by atoms with van der Waals surface area (Å²) in [7, 11) is 3.25. The Balaban J connectivity index is 1.65. The molecule has 30 heavy (non-hydrogen) atoms. The monoisotopic (exact) mass is 406 g/mol. The summed E-state index contributed by atoms with van der Waals surface area (Å²) in [5.74, 6) is 1.13. The first-order chi connectivity index (χ1) is 14.6. The van der Waals surface area contributed by atoms with E-state index in [1.807, 2.05) is 49.4 Å². The minimum atomic E-state index is -0.195. The van der Waals surface area contributed by atoms with Crippen LogP contribution < -0.4 is 14.8 Å². The number of hydrogen-bond donors (Lipinski definition) is 1. The molecule has 1 aromatic heterocycles. The Kier molecular flexibility index (Phi) is 7.40. The zero-order valence-corrected chi connectivity index (χ0v) is 17.4. The van der Waals surface area contributed by atoms with E-state index in [1.165, 1.54) is 0 Å². The number of hydrogen-bond acceptors (Lipinski definition) is 5. The van der Waals surface area contributed by atoms with Crippen LogP contribution in [0.15, 0.2) is 67.0 Å². The smallest absolute Gasteiger partial charge is 0.251 e. The summed E-state index contributed by atoms with van der Waals surface area (Å²) in [4.78, 5) is 16.6. The molecular formula is C24H26N2O4. The maximum atomic E-state index is 12.6. The minimum Gasteiger partial charge on any atom is -0.493 e. The molecule has 0 saturated carbocycles. The first-order valence-corrected chi connectivity index (χ1v) is 9.69. The SMILES string of the molecule is COCc1ccc(C(=O)NC(C)c2ccc(OCc3ccncc3)c(OC)c2)cc1. The highest BCUT2D eigenvalue weighted by atomic mass is 16.5. The number of carbonyl (C=O) groups is 1. The molecule has 156 valence electrons. The van der Waals surface area contributed by atoms with E-state index in [2.05, 4.69) is 10.3 Å². The van der Waals surface area contributed by atoms with E-state index in [1.54, 1.807) is 38.7 Å². The molecule has 1 amide bonds. The van der Waals surface area contributed by atoms with Crippen LogP contribution in [0.5, 0.6) is 11.5 Å². The number of amides is 1. The van der Waals surface area contributed by atoms with Gasteiger partial charge in [0.05, 0.1) is 19.8 Å². The molecule has 0 aliphatic heterocycles. The lowest BCUT2D eigenvalue weighted by Crippen LogP contribution is -2.26. The second-order valence-electron chi connectivity index (χ2n) is 6.88. The predicted octanol–water partition coefficient (Wildman–Crippen LogP) is 4.31. The van der Waals surface area contributed by atoms with Crippen LogP contribution in [0.4, 0.5) is 0 Å². The highest BCUT2D eigenvalue weighted by Gasteiger charge is 2.14. The van der Waals surface area contributed by atoms with Crippen LogP contribution in [-0.2, 0) is 18.0 Å². The fourth-order valence-corrected chi connectivity index (χ4v) is 3.00. The molecular weight excluding hydrogens is 380 g/mol. The van der Waals surface area contributed by atoms with Gasteiger partial charge in [-0.25, -0.2) is 0 Å². The van der Waals surface area contributed by atoms with Gasteiger partial charge in [0.1, 0.15) is 6.61 Å². The summed E-state index contributed by atoms with van der Waals surface area (Å²) >= 11 is 0. The maximum absolute atomic E-state index is 12.6. The Morgan fingerprint density at radius 2 is 1.63 bits per heavy atom. The average Bonchev–Trinajstić information content (AvgIpc) is 2.79. The molecule has 0 aliphatic rings. The van der Waals surface area contributed by atoms with Gasteiger partial charge in [0.2, 0.25) is 0 Å². The van der Waals surface area contributed by atoms with Crippen molar-refractivity contribution in [3.63, 3.8) is 0 Å². The van der Waals surface area contributed by atoms with Gasteiger partial charge < -0.3 is 19.5 Å². The number of pyridine rings is 1. The predicted molar refractivity (Wildman–Crippen MR) is 115 cm³/mol. The van der Waals surface area contributed by atoms with Crippen LogP contribution in [0.2, 0.25) is 0 Å². The van der Waals surface area contributed by atoms with Crippen molar-refractivity contribution in [2.75, 3.05) is 14.2 Å². The summed E-state index contributed by atoms with van der Waals surface area (Å²) in [6.07, 6.45) is 3.46. The normalized spacial score (nSPS) is 11.6. The van der Waals surface area contributed by atoms with Crippen LogP contribution in [0.25, 0.3) is 0 Å². The number of nitrogens with one attached hydrogen (secondary N) is 1. The van der Waals surface area contributed by atoms with Gasteiger partial charge in [-0.1, -0.05) is 18.2 Å². The maximum Gasteiger partial charge on any atom is 0.251 e. The molecule has 6 nitrogen and oxygen atoms in total. The molecule has 1 heterocycles. The summed E-state index contributed by atoms with van der Waals surface area (Å²) in [5, 5.41) is 3.02.